The number of piperidine rings is 1. The molecule has 0 radical (unpaired) electrons. The van der Waals surface area contributed by atoms with Crippen molar-refractivity contribution in [3.63, 3.8) is 0 Å². The first-order valence-electron chi connectivity index (χ1n) is 9.72. The highest BCUT2D eigenvalue weighted by atomic mass is 35.5. The van der Waals surface area contributed by atoms with Gasteiger partial charge in [0.05, 0.1) is 10.5 Å². The van der Waals surface area contributed by atoms with Crippen molar-refractivity contribution in [1.82, 2.24) is 20.0 Å². The third kappa shape index (κ3) is 3.40. The second kappa shape index (κ2) is 7.72. The lowest BCUT2D eigenvalue weighted by atomic mass is 9.84. The van der Waals surface area contributed by atoms with Gasteiger partial charge in [0, 0.05) is 25.5 Å². The molecule has 2 aliphatic heterocycles. The van der Waals surface area contributed by atoms with E-state index in [4.69, 9.17) is 0 Å². The minimum atomic E-state index is -3.15. The summed E-state index contributed by atoms with van der Waals surface area (Å²) in [6.07, 6.45) is 9.29. The highest BCUT2D eigenvalue weighted by molar-refractivity contribution is 7.92. The van der Waals surface area contributed by atoms with Gasteiger partial charge in [-0.15, -0.1) is 12.4 Å². The monoisotopic (exact) mass is 416 g/mol. The maximum atomic E-state index is 13.7. The molecule has 1 spiro atoms. The van der Waals surface area contributed by atoms with Crippen molar-refractivity contribution in [3.05, 3.63) is 18.5 Å². The summed E-state index contributed by atoms with van der Waals surface area (Å²) in [5, 5.41) is 7.71. The van der Waals surface area contributed by atoms with Crippen molar-refractivity contribution in [3.8, 4) is 0 Å². The van der Waals surface area contributed by atoms with Crippen LogP contribution in [-0.2, 0) is 20.2 Å². The lowest BCUT2D eigenvalue weighted by Gasteiger charge is -2.47. The average molecular weight is 417 g/mol. The van der Waals surface area contributed by atoms with E-state index in [0.29, 0.717) is 38.8 Å². The first kappa shape index (κ1) is 20.6. The van der Waals surface area contributed by atoms with Crippen LogP contribution in [-0.4, -0.2) is 65.7 Å². The molecule has 1 aliphatic carbocycles. The Kier molecular flexibility index (Phi) is 5.89. The van der Waals surface area contributed by atoms with Gasteiger partial charge in [0.25, 0.3) is 5.91 Å². The SMILES string of the molecule is Cl.O=C(N1CCS(=O)(=O)C2(CCCCC2)C1)C1(n2cccn2)CCNCC1. The average Bonchev–Trinajstić information content (AvgIpc) is 3.20. The standard InChI is InChI=1S/C18H28N4O3S.ClH/c23-16(18(7-10-19-11-8-18)22-12-4-9-20-22)21-13-14-26(24,25)17(15-21)5-2-1-3-6-17;/h4,9,12,19H,1-3,5-8,10-11,13-15H2;1H. The summed E-state index contributed by atoms with van der Waals surface area (Å²) in [6.45, 7) is 2.19. The van der Waals surface area contributed by atoms with E-state index < -0.39 is 20.1 Å². The normalized spacial score (nSPS) is 26.3. The largest absolute Gasteiger partial charge is 0.338 e. The van der Waals surface area contributed by atoms with Crippen LogP contribution in [0.4, 0.5) is 0 Å². The fourth-order valence-electron chi connectivity index (χ4n) is 5.01. The summed E-state index contributed by atoms with van der Waals surface area (Å²) in [4.78, 5) is 15.5. The van der Waals surface area contributed by atoms with E-state index in [-0.39, 0.29) is 24.1 Å². The zero-order valence-corrected chi connectivity index (χ0v) is 17.2. The van der Waals surface area contributed by atoms with Crippen LogP contribution < -0.4 is 5.32 Å². The molecule has 1 amide bonds. The molecule has 3 heterocycles. The fourth-order valence-corrected chi connectivity index (χ4v) is 7.17. The van der Waals surface area contributed by atoms with Crippen LogP contribution >= 0.6 is 12.4 Å². The Morgan fingerprint density at radius 3 is 2.41 bits per heavy atom. The van der Waals surface area contributed by atoms with E-state index in [9.17, 15) is 13.2 Å². The molecule has 1 aromatic rings. The molecule has 2 saturated heterocycles. The van der Waals surface area contributed by atoms with Gasteiger partial charge in [-0.2, -0.15) is 5.10 Å². The zero-order valence-electron chi connectivity index (χ0n) is 15.6. The lowest BCUT2D eigenvalue weighted by molar-refractivity contribution is -0.143. The minimum absolute atomic E-state index is 0. The molecule has 0 bridgehead atoms. The van der Waals surface area contributed by atoms with Gasteiger partial charge in [-0.25, -0.2) is 8.42 Å². The van der Waals surface area contributed by atoms with E-state index >= 15 is 0 Å². The van der Waals surface area contributed by atoms with Crippen LogP contribution in [0.1, 0.15) is 44.9 Å². The molecule has 152 valence electrons. The van der Waals surface area contributed by atoms with E-state index in [2.05, 4.69) is 10.4 Å². The molecule has 27 heavy (non-hydrogen) atoms. The number of carbonyl (C=O) groups is 1. The Morgan fingerprint density at radius 2 is 1.78 bits per heavy atom. The van der Waals surface area contributed by atoms with Crippen LogP contribution in [0.15, 0.2) is 18.5 Å². The van der Waals surface area contributed by atoms with E-state index in [1.807, 2.05) is 17.2 Å². The van der Waals surface area contributed by atoms with Crippen molar-refractivity contribution in [2.24, 2.45) is 0 Å². The number of rotatable bonds is 2. The molecule has 7 nitrogen and oxygen atoms in total. The van der Waals surface area contributed by atoms with Crippen molar-refractivity contribution in [2.45, 2.75) is 55.2 Å². The number of hydrogen-bond acceptors (Lipinski definition) is 5. The molecule has 4 rings (SSSR count). The third-order valence-corrected chi connectivity index (χ3v) is 9.17. The van der Waals surface area contributed by atoms with Crippen molar-refractivity contribution in [1.29, 1.82) is 0 Å². The maximum Gasteiger partial charge on any atom is 0.250 e. The maximum absolute atomic E-state index is 13.7. The van der Waals surface area contributed by atoms with Crippen molar-refractivity contribution < 1.29 is 13.2 Å². The number of nitrogens with zero attached hydrogens (tertiary/aromatic N) is 3. The topological polar surface area (TPSA) is 84.3 Å². The summed E-state index contributed by atoms with van der Waals surface area (Å²) >= 11 is 0. The highest BCUT2D eigenvalue weighted by Gasteiger charge is 2.52. The van der Waals surface area contributed by atoms with Crippen molar-refractivity contribution >= 4 is 28.2 Å². The summed E-state index contributed by atoms with van der Waals surface area (Å²) in [6, 6.07) is 1.85. The second-order valence-electron chi connectivity index (χ2n) is 8.02. The van der Waals surface area contributed by atoms with Gasteiger partial charge in [-0.1, -0.05) is 19.3 Å². The molecule has 3 aliphatic rings. The number of halogens is 1. The van der Waals surface area contributed by atoms with Crippen molar-refractivity contribution in [2.75, 3.05) is 31.9 Å². The quantitative estimate of drug-likeness (QED) is 0.786. The Morgan fingerprint density at radius 1 is 1.07 bits per heavy atom. The molecule has 1 saturated carbocycles. The molecule has 0 aromatic carbocycles. The summed E-state index contributed by atoms with van der Waals surface area (Å²) < 4.78 is 26.8. The first-order chi connectivity index (χ1) is 12.5. The Balaban J connectivity index is 0.00000210. The smallest absolute Gasteiger partial charge is 0.250 e. The van der Waals surface area contributed by atoms with Gasteiger partial charge in [0.1, 0.15) is 5.54 Å². The van der Waals surface area contributed by atoms with Crippen LogP contribution in [0.3, 0.4) is 0 Å². The molecular formula is C18H29ClN4O3S. The van der Waals surface area contributed by atoms with Crippen LogP contribution in [0.5, 0.6) is 0 Å². The van der Waals surface area contributed by atoms with Crippen LogP contribution in [0, 0.1) is 0 Å². The van der Waals surface area contributed by atoms with E-state index in [1.165, 1.54) is 0 Å². The fraction of sp³-hybridized carbons (Fsp3) is 0.778. The summed E-state index contributed by atoms with van der Waals surface area (Å²) in [5.41, 5.74) is -0.689. The van der Waals surface area contributed by atoms with E-state index in [1.54, 1.807) is 10.9 Å². The van der Waals surface area contributed by atoms with Gasteiger partial charge in [-0.3, -0.25) is 9.48 Å². The van der Waals surface area contributed by atoms with Crippen LogP contribution in [0.2, 0.25) is 0 Å². The molecular weight excluding hydrogens is 388 g/mol. The van der Waals surface area contributed by atoms with Crippen LogP contribution in [0.25, 0.3) is 0 Å². The second-order valence-corrected chi connectivity index (χ2v) is 10.5. The third-order valence-electron chi connectivity index (χ3n) is 6.59. The number of sulfone groups is 1. The van der Waals surface area contributed by atoms with E-state index in [0.717, 1.165) is 32.4 Å². The predicted octanol–water partition coefficient (Wildman–Crippen LogP) is 1.34. The summed E-state index contributed by atoms with van der Waals surface area (Å²) in [5.74, 6) is 0.133. The lowest BCUT2D eigenvalue weighted by Crippen LogP contribution is -2.63. The Hall–Kier alpha value is -1.12. The Bertz CT molecular complexity index is 754. The molecule has 1 aromatic heterocycles. The molecule has 9 heteroatoms. The minimum Gasteiger partial charge on any atom is -0.338 e. The Labute approximate surface area is 167 Å². The molecule has 0 atom stereocenters. The number of carbonyl (C=O) groups excluding carboxylic acids is 1. The zero-order chi connectivity index (χ0) is 18.3. The summed E-state index contributed by atoms with van der Waals surface area (Å²) in [7, 11) is -3.15. The highest BCUT2D eigenvalue weighted by Crippen LogP contribution is 2.40. The molecule has 1 N–H and O–H groups in total. The molecule has 0 unspecified atom stereocenters. The number of aromatic nitrogens is 2. The molecule has 3 fully saturated rings. The van der Waals surface area contributed by atoms with Gasteiger partial charge < -0.3 is 10.2 Å². The number of amides is 1. The van der Waals surface area contributed by atoms with Gasteiger partial charge in [-0.05, 0) is 44.8 Å². The first-order valence-corrected chi connectivity index (χ1v) is 11.4. The van der Waals surface area contributed by atoms with Gasteiger partial charge in [0.2, 0.25) is 0 Å². The number of hydrogen-bond donors (Lipinski definition) is 1. The number of nitrogens with one attached hydrogen (secondary N) is 1. The van der Waals surface area contributed by atoms with Gasteiger partial charge >= 0.3 is 0 Å². The predicted molar refractivity (Wildman–Crippen MR) is 106 cm³/mol. The van der Waals surface area contributed by atoms with Gasteiger partial charge in [0.15, 0.2) is 9.84 Å².